The summed E-state index contributed by atoms with van der Waals surface area (Å²) >= 11 is 0. The molecule has 18 heavy (non-hydrogen) atoms. The molecule has 1 aliphatic heterocycles. The molecule has 1 fully saturated rings. The van der Waals surface area contributed by atoms with Crippen LogP contribution in [0, 0.1) is 0 Å². The van der Waals surface area contributed by atoms with E-state index in [9.17, 15) is 4.79 Å². The van der Waals surface area contributed by atoms with Gasteiger partial charge >= 0.3 is 0 Å². The summed E-state index contributed by atoms with van der Waals surface area (Å²) in [5.74, 6) is 0.211. The molecule has 0 bridgehead atoms. The number of benzene rings is 1. The second-order valence-corrected chi connectivity index (χ2v) is 5.34. The van der Waals surface area contributed by atoms with Gasteiger partial charge in [0.2, 0.25) is 5.91 Å². The number of hydrogen-bond acceptors (Lipinski definition) is 2. The average Bonchev–Trinajstić information content (AvgIpc) is 3.20. The molecular formula is C15H20N2O. The van der Waals surface area contributed by atoms with Crippen LogP contribution < -0.4 is 10.6 Å². The first-order chi connectivity index (χ1) is 8.83. The Morgan fingerprint density at radius 2 is 2.17 bits per heavy atom. The highest BCUT2D eigenvalue weighted by Crippen LogP contribution is 2.26. The van der Waals surface area contributed by atoms with Gasteiger partial charge in [-0.15, -0.1) is 0 Å². The van der Waals surface area contributed by atoms with Gasteiger partial charge in [0.15, 0.2) is 0 Å². The zero-order chi connectivity index (χ0) is 12.4. The molecule has 0 spiro atoms. The van der Waals surface area contributed by atoms with Gasteiger partial charge in [0.25, 0.3) is 0 Å². The number of carbonyl (C=O) groups is 1. The predicted molar refractivity (Wildman–Crippen MR) is 71.3 cm³/mol. The summed E-state index contributed by atoms with van der Waals surface area (Å²) < 4.78 is 0. The minimum atomic E-state index is 0.211. The summed E-state index contributed by atoms with van der Waals surface area (Å²) in [5.41, 5.74) is 2.81. The SMILES string of the molecule is O=C(CCC1NCCc2ccccc21)NC1CC1. The fourth-order valence-electron chi connectivity index (χ4n) is 2.65. The fraction of sp³-hybridized carbons (Fsp3) is 0.533. The van der Waals surface area contributed by atoms with Crippen molar-refractivity contribution in [1.29, 1.82) is 0 Å². The van der Waals surface area contributed by atoms with E-state index >= 15 is 0 Å². The molecule has 2 N–H and O–H groups in total. The van der Waals surface area contributed by atoms with Gasteiger partial charge in [0.05, 0.1) is 0 Å². The molecule has 1 heterocycles. The molecule has 1 aliphatic carbocycles. The van der Waals surface area contributed by atoms with Gasteiger partial charge < -0.3 is 10.6 Å². The van der Waals surface area contributed by atoms with E-state index in [1.807, 2.05) is 0 Å². The summed E-state index contributed by atoms with van der Waals surface area (Å²) in [6, 6.07) is 9.40. The van der Waals surface area contributed by atoms with Gasteiger partial charge in [-0.1, -0.05) is 24.3 Å². The van der Waals surface area contributed by atoms with Crippen molar-refractivity contribution < 1.29 is 4.79 Å². The Kier molecular flexibility index (Phi) is 3.33. The Hall–Kier alpha value is -1.35. The van der Waals surface area contributed by atoms with Gasteiger partial charge in [-0.25, -0.2) is 0 Å². The number of nitrogens with one attached hydrogen (secondary N) is 2. The van der Waals surface area contributed by atoms with Crippen molar-refractivity contribution in [3.63, 3.8) is 0 Å². The van der Waals surface area contributed by atoms with E-state index in [2.05, 4.69) is 34.9 Å². The topological polar surface area (TPSA) is 41.1 Å². The molecule has 1 atom stereocenters. The molecule has 96 valence electrons. The highest BCUT2D eigenvalue weighted by molar-refractivity contribution is 5.76. The first kappa shape index (κ1) is 11.7. The van der Waals surface area contributed by atoms with Crippen LogP contribution in [-0.2, 0) is 11.2 Å². The molecule has 1 aromatic rings. The Balaban J connectivity index is 1.58. The van der Waals surface area contributed by atoms with Crippen LogP contribution in [0.3, 0.4) is 0 Å². The van der Waals surface area contributed by atoms with E-state index in [1.165, 1.54) is 11.1 Å². The van der Waals surface area contributed by atoms with E-state index in [4.69, 9.17) is 0 Å². The fourth-order valence-corrected chi connectivity index (χ4v) is 2.65. The molecule has 3 heteroatoms. The van der Waals surface area contributed by atoms with Crippen molar-refractivity contribution in [2.75, 3.05) is 6.54 Å². The van der Waals surface area contributed by atoms with Crippen LogP contribution in [0.5, 0.6) is 0 Å². The lowest BCUT2D eigenvalue weighted by Gasteiger charge is -2.26. The molecule has 1 aromatic carbocycles. The van der Waals surface area contributed by atoms with Crippen LogP contribution in [0.1, 0.15) is 42.9 Å². The maximum atomic E-state index is 11.7. The Morgan fingerprint density at radius 1 is 1.33 bits per heavy atom. The lowest BCUT2D eigenvalue weighted by Crippen LogP contribution is -2.32. The van der Waals surface area contributed by atoms with Crippen molar-refractivity contribution in [2.45, 2.75) is 44.2 Å². The molecular weight excluding hydrogens is 224 g/mol. The first-order valence-electron chi connectivity index (χ1n) is 6.93. The zero-order valence-corrected chi connectivity index (χ0v) is 10.6. The van der Waals surface area contributed by atoms with Crippen LogP contribution >= 0.6 is 0 Å². The second-order valence-electron chi connectivity index (χ2n) is 5.34. The van der Waals surface area contributed by atoms with Crippen LogP contribution in [0.15, 0.2) is 24.3 Å². The highest BCUT2D eigenvalue weighted by atomic mass is 16.1. The third-order valence-electron chi connectivity index (χ3n) is 3.82. The van der Waals surface area contributed by atoms with Crippen molar-refractivity contribution in [3.8, 4) is 0 Å². The summed E-state index contributed by atoms with van der Waals surface area (Å²) in [6.45, 7) is 1.02. The number of carbonyl (C=O) groups excluding carboxylic acids is 1. The van der Waals surface area contributed by atoms with Crippen LogP contribution in [0.25, 0.3) is 0 Å². The number of fused-ring (bicyclic) bond motifs is 1. The first-order valence-corrected chi connectivity index (χ1v) is 6.93. The Bertz CT molecular complexity index is 440. The summed E-state index contributed by atoms with van der Waals surface area (Å²) in [6.07, 6.45) is 4.95. The maximum Gasteiger partial charge on any atom is 0.220 e. The quantitative estimate of drug-likeness (QED) is 0.849. The van der Waals surface area contributed by atoms with Gasteiger partial charge in [0, 0.05) is 18.5 Å². The van der Waals surface area contributed by atoms with Crippen LogP contribution in [0.4, 0.5) is 0 Å². The maximum absolute atomic E-state index is 11.7. The van der Waals surface area contributed by atoms with Gasteiger partial charge in [-0.3, -0.25) is 4.79 Å². The minimum Gasteiger partial charge on any atom is -0.353 e. The standard InChI is InChI=1S/C15H20N2O/c18-15(17-12-5-6-12)8-7-14-13-4-2-1-3-11(13)9-10-16-14/h1-4,12,14,16H,5-10H2,(H,17,18). The van der Waals surface area contributed by atoms with E-state index < -0.39 is 0 Å². The molecule has 3 nitrogen and oxygen atoms in total. The molecule has 3 rings (SSSR count). The molecule has 1 unspecified atom stereocenters. The zero-order valence-electron chi connectivity index (χ0n) is 10.6. The van der Waals surface area contributed by atoms with Gasteiger partial charge in [0.1, 0.15) is 0 Å². The number of amides is 1. The van der Waals surface area contributed by atoms with Crippen molar-refractivity contribution in [1.82, 2.24) is 10.6 Å². The monoisotopic (exact) mass is 244 g/mol. The van der Waals surface area contributed by atoms with Gasteiger partial charge in [-0.05, 0) is 43.4 Å². The molecule has 0 aromatic heterocycles. The minimum absolute atomic E-state index is 0.211. The summed E-state index contributed by atoms with van der Waals surface area (Å²) in [5, 5.41) is 6.57. The van der Waals surface area contributed by atoms with E-state index in [-0.39, 0.29) is 5.91 Å². The Morgan fingerprint density at radius 3 is 3.00 bits per heavy atom. The Labute approximate surface area is 108 Å². The lowest BCUT2D eigenvalue weighted by molar-refractivity contribution is -0.121. The molecule has 1 amide bonds. The normalized spacial score (nSPS) is 22.3. The van der Waals surface area contributed by atoms with Crippen molar-refractivity contribution in [2.24, 2.45) is 0 Å². The van der Waals surface area contributed by atoms with E-state index in [0.29, 0.717) is 18.5 Å². The molecule has 0 radical (unpaired) electrons. The summed E-state index contributed by atoms with van der Waals surface area (Å²) in [4.78, 5) is 11.7. The number of rotatable bonds is 4. The molecule has 2 aliphatic rings. The van der Waals surface area contributed by atoms with E-state index in [0.717, 1.165) is 32.2 Å². The van der Waals surface area contributed by atoms with Crippen molar-refractivity contribution in [3.05, 3.63) is 35.4 Å². The van der Waals surface area contributed by atoms with Crippen LogP contribution in [-0.4, -0.2) is 18.5 Å². The third-order valence-corrected chi connectivity index (χ3v) is 3.82. The third kappa shape index (κ3) is 2.72. The summed E-state index contributed by atoms with van der Waals surface area (Å²) in [7, 11) is 0. The smallest absolute Gasteiger partial charge is 0.220 e. The van der Waals surface area contributed by atoms with Crippen molar-refractivity contribution >= 4 is 5.91 Å². The van der Waals surface area contributed by atoms with E-state index in [1.54, 1.807) is 0 Å². The molecule has 1 saturated carbocycles. The lowest BCUT2D eigenvalue weighted by atomic mass is 9.92. The van der Waals surface area contributed by atoms with Crippen LogP contribution in [0.2, 0.25) is 0 Å². The molecule has 0 saturated heterocycles. The average molecular weight is 244 g/mol. The second kappa shape index (κ2) is 5.11. The highest BCUT2D eigenvalue weighted by Gasteiger charge is 2.24. The largest absolute Gasteiger partial charge is 0.353 e. The number of hydrogen-bond donors (Lipinski definition) is 2. The van der Waals surface area contributed by atoms with Gasteiger partial charge in [-0.2, -0.15) is 0 Å². The predicted octanol–water partition coefficient (Wildman–Crippen LogP) is 1.93.